The van der Waals surface area contributed by atoms with E-state index in [-0.39, 0.29) is 18.1 Å². The minimum absolute atomic E-state index is 0.0287. The van der Waals surface area contributed by atoms with Gasteiger partial charge in [0.1, 0.15) is 17.3 Å². The molecule has 0 fully saturated rings. The largest absolute Gasteiger partial charge is 0.493 e. The zero-order valence-corrected chi connectivity index (χ0v) is 19.2. The van der Waals surface area contributed by atoms with Gasteiger partial charge in [-0.2, -0.15) is 13.2 Å². The summed E-state index contributed by atoms with van der Waals surface area (Å²) >= 11 is 1.31. The summed E-state index contributed by atoms with van der Waals surface area (Å²) in [7, 11) is 5.28. The molecule has 0 radical (unpaired) electrons. The van der Waals surface area contributed by atoms with Gasteiger partial charge in [-0.1, -0.05) is 18.2 Å². The molecule has 1 N–H and O–H groups in total. The van der Waals surface area contributed by atoms with Crippen LogP contribution < -0.4 is 14.8 Å². The lowest BCUT2D eigenvalue weighted by Gasteiger charge is -2.15. The molecule has 0 spiro atoms. The molecule has 1 aromatic heterocycles. The zero-order valence-electron chi connectivity index (χ0n) is 18.4. The van der Waals surface area contributed by atoms with Crippen molar-refractivity contribution in [3.63, 3.8) is 0 Å². The van der Waals surface area contributed by atoms with Crippen molar-refractivity contribution in [1.82, 2.24) is 15.2 Å². The third-order valence-electron chi connectivity index (χ3n) is 4.70. The van der Waals surface area contributed by atoms with Crippen LogP contribution in [0.4, 0.5) is 13.2 Å². The lowest BCUT2D eigenvalue weighted by atomic mass is 10.1. The van der Waals surface area contributed by atoms with E-state index >= 15 is 0 Å². The van der Waals surface area contributed by atoms with Gasteiger partial charge in [0.2, 0.25) is 0 Å². The number of likely N-dealkylation sites (N-methyl/N-ethyl adjacent to an activating group) is 1. The van der Waals surface area contributed by atoms with Crippen molar-refractivity contribution < 1.29 is 27.4 Å². The molecule has 0 bridgehead atoms. The summed E-state index contributed by atoms with van der Waals surface area (Å²) < 4.78 is 50.6. The number of alkyl halides is 3. The smallest absolute Gasteiger partial charge is 0.416 e. The van der Waals surface area contributed by atoms with Gasteiger partial charge in [0, 0.05) is 29.6 Å². The van der Waals surface area contributed by atoms with Crippen LogP contribution in [0.5, 0.6) is 11.5 Å². The first-order valence-corrected chi connectivity index (χ1v) is 10.9. The monoisotopic (exact) mass is 479 g/mol. The molecule has 3 rings (SSSR count). The van der Waals surface area contributed by atoms with Gasteiger partial charge < -0.3 is 19.7 Å². The minimum Gasteiger partial charge on any atom is -0.493 e. The average molecular weight is 480 g/mol. The molecule has 176 valence electrons. The van der Waals surface area contributed by atoms with Crippen LogP contribution >= 0.6 is 11.3 Å². The number of nitrogens with one attached hydrogen (secondary N) is 1. The third kappa shape index (κ3) is 6.45. The molecule has 1 amide bonds. The molecule has 10 heteroatoms. The molecular formula is C23H24F3N3O3S. The number of benzene rings is 2. The van der Waals surface area contributed by atoms with E-state index in [4.69, 9.17) is 9.47 Å². The van der Waals surface area contributed by atoms with Gasteiger partial charge in [-0.15, -0.1) is 11.3 Å². The van der Waals surface area contributed by atoms with Crippen LogP contribution in [0.25, 0.3) is 10.6 Å². The van der Waals surface area contributed by atoms with Gasteiger partial charge >= 0.3 is 6.18 Å². The number of ether oxygens (including phenoxy) is 2. The first kappa shape index (κ1) is 24.5. The van der Waals surface area contributed by atoms with Crippen molar-refractivity contribution in [2.24, 2.45) is 0 Å². The van der Waals surface area contributed by atoms with E-state index in [0.29, 0.717) is 34.3 Å². The van der Waals surface area contributed by atoms with Crippen molar-refractivity contribution in [3.8, 4) is 22.1 Å². The second kappa shape index (κ2) is 10.7. The fourth-order valence-electron chi connectivity index (χ4n) is 2.99. The number of methoxy groups -OCH3 is 1. The topological polar surface area (TPSA) is 63.7 Å². The number of thiazole rings is 1. The first-order chi connectivity index (χ1) is 15.7. The van der Waals surface area contributed by atoms with E-state index in [1.807, 2.05) is 19.0 Å². The predicted octanol–water partition coefficient (Wildman–Crippen LogP) is 4.71. The van der Waals surface area contributed by atoms with Crippen LogP contribution in [0, 0.1) is 0 Å². The highest BCUT2D eigenvalue weighted by Crippen LogP contribution is 2.36. The minimum atomic E-state index is -4.46. The van der Waals surface area contributed by atoms with E-state index in [0.717, 1.165) is 12.6 Å². The molecule has 1 heterocycles. The lowest BCUT2D eigenvalue weighted by molar-refractivity contribution is -0.138. The number of halogens is 3. The fraction of sp³-hybridized carbons (Fsp3) is 0.304. The van der Waals surface area contributed by atoms with Gasteiger partial charge in [-0.25, -0.2) is 4.98 Å². The second-order valence-electron chi connectivity index (χ2n) is 7.41. The van der Waals surface area contributed by atoms with Crippen LogP contribution in [0.1, 0.15) is 21.6 Å². The fourth-order valence-corrected chi connectivity index (χ4v) is 3.79. The summed E-state index contributed by atoms with van der Waals surface area (Å²) in [6.07, 6.45) is -4.46. The molecule has 0 atom stereocenters. The average Bonchev–Trinajstić information content (AvgIpc) is 3.27. The summed E-state index contributed by atoms with van der Waals surface area (Å²) in [5.41, 5.74) is 0.310. The van der Waals surface area contributed by atoms with Crippen molar-refractivity contribution in [2.45, 2.75) is 12.8 Å². The highest BCUT2D eigenvalue weighted by atomic mass is 32.1. The standard InChI is InChI=1S/C23H24F3N3O3S/c1-29(2)11-10-27-21(30)18-14-33-22(28-18)15-8-9-19(20(12-15)31-3)32-13-16-6-4-5-7-17(16)23(24,25)26/h4-9,12,14H,10-11,13H2,1-3H3,(H,27,30). The summed E-state index contributed by atoms with van der Waals surface area (Å²) in [5, 5.41) is 5.10. The maximum Gasteiger partial charge on any atom is 0.416 e. The Balaban J connectivity index is 1.72. The Hall–Kier alpha value is -3.11. The molecular weight excluding hydrogens is 455 g/mol. The zero-order chi connectivity index (χ0) is 24.0. The predicted molar refractivity (Wildman–Crippen MR) is 121 cm³/mol. The van der Waals surface area contributed by atoms with E-state index < -0.39 is 11.7 Å². The maximum absolute atomic E-state index is 13.2. The van der Waals surface area contributed by atoms with Gasteiger partial charge in [-0.3, -0.25) is 4.79 Å². The van der Waals surface area contributed by atoms with E-state index in [2.05, 4.69) is 10.3 Å². The van der Waals surface area contributed by atoms with E-state index in [1.54, 1.807) is 23.6 Å². The van der Waals surface area contributed by atoms with Crippen LogP contribution in [0.2, 0.25) is 0 Å². The van der Waals surface area contributed by atoms with Crippen molar-refractivity contribution >= 4 is 17.2 Å². The van der Waals surface area contributed by atoms with Gasteiger partial charge in [0.15, 0.2) is 11.5 Å². The molecule has 0 aliphatic heterocycles. The third-order valence-corrected chi connectivity index (χ3v) is 5.59. The Morgan fingerprint density at radius 1 is 1.15 bits per heavy atom. The van der Waals surface area contributed by atoms with Gasteiger partial charge in [0.05, 0.1) is 12.7 Å². The van der Waals surface area contributed by atoms with Crippen LogP contribution in [-0.4, -0.2) is 50.1 Å². The first-order valence-electron chi connectivity index (χ1n) is 10.0. The molecule has 2 aromatic carbocycles. The quantitative estimate of drug-likeness (QED) is 0.482. The molecule has 0 saturated heterocycles. The second-order valence-corrected chi connectivity index (χ2v) is 8.26. The summed E-state index contributed by atoms with van der Waals surface area (Å²) in [6, 6.07) is 10.3. The van der Waals surface area contributed by atoms with Crippen molar-refractivity contribution in [2.75, 3.05) is 34.3 Å². The number of amides is 1. The van der Waals surface area contributed by atoms with E-state index in [1.165, 1.54) is 36.6 Å². The van der Waals surface area contributed by atoms with Crippen molar-refractivity contribution in [1.29, 1.82) is 0 Å². The Morgan fingerprint density at radius 2 is 1.91 bits per heavy atom. The Bertz CT molecular complexity index is 1100. The Kier molecular flexibility index (Phi) is 7.93. The highest BCUT2D eigenvalue weighted by molar-refractivity contribution is 7.13. The van der Waals surface area contributed by atoms with Crippen LogP contribution in [-0.2, 0) is 12.8 Å². The number of rotatable bonds is 9. The summed E-state index contributed by atoms with van der Waals surface area (Å²) in [5.74, 6) is 0.398. The molecule has 6 nitrogen and oxygen atoms in total. The molecule has 3 aromatic rings. The van der Waals surface area contributed by atoms with Crippen LogP contribution in [0.3, 0.4) is 0 Å². The number of carbonyl (C=O) groups excluding carboxylic acids is 1. The molecule has 0 unspecified atom stereocenters. The SMILES string of the molecule is COc1cc(-c2nc(C(=O)NCCN(C)C)cs2)ccc1OCc1ccccc1C(F)(F)F. The van der Waals surface area contributed by atoms with Crippen LogP contribution in [0.15, 0.2) is 47.8 Å². The van der Waals surface area contributed by atoms with Crippen molar-refractivity contribution in [3.05, 3.63) is 64.7 Å². The maximum atomic E-state index is 13.2. The van der Waals surface area contributed by atoms with Gasteiger partial charge in [-0.05, 0) is 38.4 Å². The number of aromatic nitrogens is 1. The number of carbonyl (C=O) groups is 1. The van der Waals surface area contributed by atoms with Gasteiger partial charge in [0.25, 0.3) is 5.91 Å². The Morgan fingerprint density at radius 3 is 2.61 bits per heavy atom. The van der Waals surface area contributed by atoms with E-state index in [9.17, 15) is 18.0 Å². The number of nitrogens with zero attached hydrogens (tertiary/aromatic N) is 2. The molecule has 0 aliphatic carbocycles. The summed E-state index contributed by atoms with van der Waals surface area (Å²) in [6.45, 7) is 0.963. The molecule has 0 aliphatic rings. The highest BCUT2D eigenvalue weighted by Gasteiger charge is 2.33. The molecule has 33 heavy (non-hydrogen) atoms. The molecule has 0 saturated carbocycles. The summed E-state index contributed by atoms with van der Waals surface area (Å²) in [4.78, 5) is 18.6. The number of hydrogen-bond acceptors (Lipinski definition) is 6. The Labute approximate surface area is 194 Å². The number of hydrogen-bond donors (Lipinski definition) is 1. The lowest BCUT2D eigenvalue weighted by Crippen LogP contribution is -2.31. The normalized spacial score (nSPS) is 11.5.